The Morgan fingerprint density at radius 1 is 1.32 bits per heavy atom. The van der Waals surface area contributed by atoms with Crippen LogP contribution in [0.1, 0.15) is 50.7 Å². The van der Waals surface area contributed by atoms with Crippen molar-refractivity contribution in [1.29, 1.82) is 0 Å². The number of benzene rings is 1. The van der Waals surface area contributed by atoms with Crippen LogP contribution in [0, 0.1) is 5.92 Å². The molecule has 1 aliphatic carbocycles. The van der Waals surface area contributed by atoms with E-state index in [4.69, 9.17) is 4.74 Å². The fourth-order valence-corrected chi connectivity index (χ4v) is 3.00. The Balaban J connectivity index is 2.02. The second kappa shape index (κ2) is 5.96. The molecule has 1 atom stereocenters. The largest absolute Gasteiger partial charge is 0.497 e. The highest BCUT2D eigenvalue weighted by Crippen LogP contribution is 2.34. The molecule has 2 nitrogen and oxygen atoms in total. The van der Waals surface area contributed by atoms with E-state index in [9.17, 15) is 5.11 Å². The maximum atomic E-state index is 10.8. The minimum absolute atomic E-state index is 0.506. The number of rotatable bonds is 5. The van der Waals surface area contributed by atoms with Gasteiger partial charge in [-0.3, -0.25) is 0 Å². The molecule has 0 fully saturated rings. The third-order valence-corrected chi connectivity index (χ3v) is 4.22. The van der Waals surface area contributed by atoms with E-state index in [2.05, 4.69) is 26.0 Å². The second-order valence-electron chi connectivity index (χ2n) is 6.32. The molecule has 19 heavy (non-hydrogen) atoms. The molecule has 1 aromatic carbocycles. The van der Waals surface area contributed by atoms with Crippen molar-refractivity contribution in [3.63, 3.8) is 0 Å². The van der Waals surface area contributed by atoms with E-state index in [1.165, 1.54) is 17.5 Å². The van der Waals surface area contributed by atoms with E-state index >= 15 is 0 Å². The van der Waals surface area contributed by atoms with Crippen molar-refractivity contribution in [2.75, 3.05) is 7.11 Å². The van der Waals surface area contributed by atoms with Crippen molar-refractivity contribution in [3.05, 3.63) is 29.3 Å². The maximum absolute atomic E-state index is 10.8. The summed E-state index contributed by atoms with van der Waals surface area (Å²) in [7, 11) is 1.69. The van der Waals surface area contributed by atoms with Gasteiger partial charge in [-0.25, -0.2) is 0 Å². The molecular weight excluding hydrogens is 236 g/mol. The Hall–Kier alpha value is -1.02. The lowest BCUT2D eigenvalue weighted by Gasteiger charge is -2.34. The Labute approximate surface area is 116 Å². The predicted octanol–water partition coefficient (Wildman–Crippen LogP) is 3.74. The zero-order chi connectivity index (χ0) is 13.9. The van der Waals surface area contributed by atoms with Crippen LogP contribution in [0.25, 0.3) is 0 Å². The van der Waals surface area contributed by atoms with Crippen LogP contribution >= 0.6 is 0 Å². The van der Waals surface area contributed by atoms with Gasteiger partial charge in [0.2, 0.25) is 0 Å². The Bertz CT molecular complexity index is 425. The molecule has 1 aliphatic rings. The van der Waals surface area contributed by atoms with Crippen molar-refractivity contribution < 1.29 is 9.84 Å². The van der Waals surface area contributed by atoms with Gasteiger partial charge in [-0.15, -0.1) is 0 Å². The van der Waals surface area contributed by atoms with Crippen LogP contribution in [-0.4, -0.2) is 17.8 Å². The summed E-state index contributed by atoms with van der Waals surface area (Å²) in [5, 5.41) is 10.8. The van der Waals surface area contributed by atoms with Gasteiger partial charge in [-0.05, 0) is 48.4 Å². The molecule has 0 saturated carbocycles. The highest BCUT2D eigenvalue weighted by atomic mass is 16.5. The van der Waals surface area contributed by atoms with Gasteiger partial charge in [0.15, 0.2) is 0 Å². The van der Waals surface area contributed by atoms with Crippen molar-refractivity contribution in [2.24, 2.45) is 5.92 Å². The maximum Gasteiger partial charge on any atom is 0.119 e. The first-order valence-electron chi connectivity index (χ1n) is 7.40. The summed E-state index contributed by atoms with van der Waals surface area (Å²) in [6.07, 6.45) is 5.89. The summed E-state index contributed by atoms with van der Waals surface area (Å²) in [5.41, 5.74) is 2.13. The van der Waals surface area contributed by atoms with Gasteiger partial charge < -0.3 is 9.84 Å². The van der Waals surface area contributed by atoms with E-state index in [1.807, 2.05) is 6.07 Å². The van der Waals surface area contributed by atoms with Crippen molar-refractivity contribution in [1.82, 2.24) is 0 Å². The summed E-state index contributed by atoms with van der Waals surface area (Å²) in [6, 6.07) is 6.24. The molecule has 0 aliphatic heterocycles. The average molecular weight is 262 g/mol. The van der Waals surface area contributed by atoms with E-state index in [0.29, 0.717) is 0 Å². The smallest absolute Gasteiger partial charge is 0.119 e. The normalized spacial score (nSPS) is 22.4. The van der Waals surface area contributed by atoms with Crippen LogP contribution in [-0.2, 0) is 12.8 Å². The van der Waals surface area contributed by atoms with Crippen LogP contribution in [0.2, 0.25) is 0 Å². The lowest BCUT2D eigenvalue weighted by molar-refractivity contribution is 0.0148. The number of hydrogen-bond acceptors (Lipinski definition) is 2. The number of fused-ring (bicyclic) bond motifs is 1. The molecule has 2 heteroatoms. The standard InChI is InChI=1S/C17H26O2/c1-13(2)5-4-9-17(18)10-8-14-6-7-16(19-3)11-15(14)12-17/h6-7,11,13,18H,4-5,8-10,12H2,1-3H3. The van der Waals surface area contributed by atoms with Gasteiger partial charge in [0, 0.05) is 6.42 Å². The summed E-state index contributed by atoms with van der Waals surface area (Å²) < 4.78 is 5.28. The average Bonchev–Trinajstić information content (AvgIpc) is 2.37. The molecule has 0 amide bonds. The number of hydrogen-bond donors (Lipinski definition) is 1. The quantitative estimate of drug-likeness (QED) is 0.876. The summed E-state index contributed by atoms with van der Waals surface area (Å²) in [5.74, 6) is 1.62. The summed E-state index contributed by atoms with van der Waals surface area (Å²) in [6.45, 7) is 4.48. The molecule has 0 aromatic heterocycles. The van der Waals surface area contributed by atoms with Crippen LogP contribution in [0.15, 0.2) is 18.2 Å². The second-order valence-corrected chi connectivity index (χ2v) is 6.32. The minimum atomic E-state index is -0.506. The Morgan fingerprint density at radius 3 is 2.79 bits per heavy atom. The lowest BCUT2D eigenvalue weighted by Crippen LogP contribution is -2.35. The summed E-state index contributed by atoms with van der Waals surface area (Å²) >= 11 is 0. The van der Waals surface area contributed by atoms with E-state index in [0.717, 1.165) is 43.8 Å². The van der Waals surface area contributed by atoms with Gasteiger partial charge in [0.25, 0.3) is 0 Å². The fourth-order valence-electron chi connectivity index (χ4n) is 3.00. The highest BCUT2D eigenvalue weighted by molar-refractivity contribution is 5.38. The molecule has 1 N–H and O–H groups in total. The monoisotopic (exact) mass is 262 g/mol. The van der Waals surface area contributed by atoms with E-state index < -0.39 is 5.60 Å². The number of methoxy groups -OCH3 is 1. The molecule has 0 saturated heterocycles. The summed E-state index contributed by atoms with van der Waals surface area (Å²) in [4.78, 5) is 0. The van der Waals surface area contributed by atoms with Gasteiger partial charge in [-0.2, -0.15) is 0 Å². The zero-order valence-corrected chi connectivity index (χ0v) is 12.4. The molecule has 0 bridgehead atoms. The van der Waals surface area contributed by atoms with Crippen LogP contribution < -0.4 is 4.74 Å². The molecule has 0 heterocycles. The van der Waals surface area contributed by atoms with Gasteiger partial charge >= 0.3 is 0 Å². The fraction of sp³-hybridized carbons (Fsp3) is 0.647. The first kappa shape index (κ1) is 14.4. The molecular formula is C17H26O2. The van der Waals surface area contributed by atoms with Gasteiger partial charge in [0.05, 0.1) is 12.7 Å². The SMILES string of the molecule is COc1ccc2c(c1)CC(O)(CCCC(C)C)CC2. The van der Waals surface area contributed by atoms with E-state index in [-0.39, 0.29) is 0 Å². The van der Waals surface area contributed by atoms with Crippen molar-refractivity contribution in [3.8, 4) is 5.75 Å². The Morgan fingerprint density at radius 2 is 2.11 bits per heavy atom. The van der Waals surface area contributed by atoms with E-state index in [1.54, 1.807) is 7.11 Å². The first-order chi connectivity index (χ1) is 9.02. The number of aryl methyl sites for hydroxylation is 1. The first-order valence-corrected chi connectivity index (χ1v) is 7.40. The topological polar surface area (TPSA) is 29.5 Å². The molecule has 2 rings (SSSR count). The van der Waals surface area contributed by atoms with Crippen LogP contribution in [0.3, 0.4) is 0 Å². The van der Waals surface area contributed by atoms with Crippen LogP contribution in [0.5, 0.6) is 5.75 Å². The Kier molecular flexibility index (Phi) is 4.51. The number of ether oxygens (including phenoxy) is 1. The molecule has 0 spiro atoms. The van der Waals surface area contributed by atoms with Crippen molar-refractivity contribution >= 4 is 0 Å². The van der Waals surface area contributed by atoms with Crippen molar-refractivity contribution in [2.45, 2.75) is 58.0 Å². The minimum Gasteiger partial charge on any atom is -0.497 e. The molecule has 106 valence electrons. The van der Waals surface area contributed by atoms with Gasteiger partial charge in [0.1, 0.15) is 5.75 Å². The predicted molar refractivity (Wildman–Crippen MR) is 78.7 cm³/mol. The molecule has 0 radical (unpaired) electrons. The number of aliphatic hydroxyl groups is 1. The molecule has 1 unspecified atom stereocenters. The highest BCUT2D eigenvalue weighted by Gasteiger charge is 2.31. The third kappa shape index (κ3) is 3.73. The third-order valence-electron chi connectivity index (χ3n) is 4.22. The van der Waals surface area contributed by atoms with Crippen LogP contribution in [0.4, 0.5) is 0 Å². The zero-order valence-electron chi connectivity index (χ0n) is 12.4. The molecule has 1 aromatic rings. The lowest BCUT2D eigenvalue weighted by atomic mass is 9.77. The van der Waals surface area contributed by atoms with Gasteiger partial charge in [-0.1, -0.05) is 32.8 Å².